The molecule has 25 heavy (non-hydrogen) atoms. The van der Waals surface area contributed by atoms with Crippen LogP contribution in [0, 0.1) is 0 Å². The Bertz CT molecular complexity index is 548. The summed E-state index contributed by atoms with van der Waals surface area (Å²) < 4.78 is 15.6. The van der Waals surface area contributed by atoms with Crippen LogP contribution in [0.2, 0.25) is 0 Å². The molecule has 1 amide bonds. The maximum absolute atomic E-state index is 12.4. The zero-order valence-corrected chi connectivity index (χ0v) is 16.6. The smallest absolute Gasteiger partial charge is 0.255 e. The van der Waals surface area contributed by atoms with Crippen molar-refractivity contribution in [3.63, 3.8) is 0 Å². The van der Waals surface area contributed by atoms with Gasteiger partial charge in [0, 0.05) is 24.7 Å². The Morgan fingerprint density at radius 3 is 2.40 bits per heavy atom. The fourth-order valence-electron chi connectivity index (χ4n) is 2.69. The molecule has 0 aliphatic carbocycles. The average Bonchev–Trinajstić information content (AvgIpc) is 2.99. The van der Waals surface area contributed by atoms with Gasteiger partial charge in [0.05, 0.1) is 4.90 Å². The lowest BCUT2D eigenvalue weighted by molar-refractivity contribution is -0.123. The van der Waals surface area contributed by atoms with Crippen LogP contribution in [0.4, 0.5) is 5.69 Å². The van der Waals surface area contributed by atoms with Crippen molar-refractivity contribution in [2.24, 2.45) is 0 Å². The SMILES string of the molecule is CC.CCCCC(CC)NS(=O)c1ccc(N2CCC(O)C2=O)cc1. The Balaban J connectivity index is 0.00000151. The monoisotopic (exact) mass is 368 g/mol. The topological polar surface area (TPSA) is 69.6 Å². The number of unbranched alkanes of at least 4 members (excludes halogenated alkanes) is 1. The summed E-state index contributed by atoms with van der Waals surface area (Å²) in [6.45, 7) is 8.77. The third-order valence-electron chi connectivity index (χ3n) is 4.21. The fourth-order valence-corrected chi connectivity index (χ4v) is 3.79. The molecule has 1 aromatic rings. The van der Waals surface area contributed by atoms with Crippen LogP contribution < -0.4 is 9.62 Å². The van der Waals surface area contributed by atoms with Crippen LogP contribution in [0.15, 0.2) is 29.2 Å². The second kappa shape index (κ2) is 11.4. The van der Waals surface area contributed by atoms with Gasteiger partial charge in [-0.1, -0.05) is 40.5 Å². The molecule has 3 unspecified atom stereocenters. The van der Waals surface area contributed by atoms with E-state index < -0.39 is 17.1 Å². The molecule has 1 heterocycles. The van der Waals surface area contributed by atoms with Crippen LogP contribution in [0.1, 0.15) is 59.8 Å². The summed E-state index contributed by atoms with van der Waals surface area (Å²) in [6.07, 6.45) is 3.80. The van der Waals surface area contributed by atoms with Gasteiger partial charge in [0.2, 0.25) is 0 Å². The molecule has 0 saturated carbocycles. The average molecular weight is 369 g/mol. The van der Waals surface area contributed by atoms with Crippen molar-refractivity contribution in [3.8, 4) is 0 Å². The highest BCUT2D eigenvalue weighted by Gasteiger charge is 2.30. The van der Waals surface area contributed by atoms with Gasteiger partial charge < -0.3 is 10.0 Å². The van der Waals surface area contributed by atoms with Gasteiger partial charge >= 0.3 is 0 Å². The van der Waals surface area contributed by atoms with Gasteiger partial charge in [0.15, 0.2) is 0 Å². The summed E-state index contributed by atoms with van der Waals surface area (Å²) in [4.78, 5) is 14.1. The van der Waals surface area contributed by atoms with Crippen LogP contribution in [0.5, 0.6) is 0 Å². The van der Waals surface area contributed by atoms with E-state index in [-0.39, 0.29) is 11.9 Å². The van der Waals surface area contributed by atoms with Crippen molar-refractivity contribution in [2.75, 3.05) is 11.4 Å². The van der Waals surface area contributed by atoms with Gasteiger partial charge in [-0.05, 0) is 37.1 Å². The third kappa shape index (κ3) is 6.20. The van der Waals surface area contributed by atoms with Gasteiger partial charge in [-0.2, -0.15) is 0 Å². The summed E-state index contributed by atoms with van der Waals surface area (Å²) in [5.41, 5.74) is 0.741. The maximum Gasteiger partial charge on any atom is 0.255 e. The molecule has 1 aromatic carbocycles. The van der Waals surface area contributed by atoms with E-state index in [2.05, 4.69) is 18.6 Å². The minimum absolute atomic E-state index is 0.255. The van der Waals surface area contributed by atoms with Crippen molar-refractivity contribution in [1.82, 2.24) is 4.72 Å². The molecular weight excluding hydrogens is 336 g/mol. The number of hydrogen-bond donors (Lipinski definition) is 2. The van der Waals surface area contributed by atoms with E-state index in [1.807, 2.05) is 13.8 Å². The van der Waals surface area contributed by atoms with Crippen LogP contribution in [0.3, 0.4) is 0 Å². The summed E-state index contributed by atoms with van der Waals surface area (Å²) >= 11 is 0. The van der Waals surface area contributed by atoms with E-state index in [1.54, 1.807) is 29.2 Å². The lowest BCUT2D eigenvalue weighted by Crippen LogP contribution is -2.30. The van der Waals surface area contributed by atoms with Crippen molar-refractivity contribution in [2.45, 2.75) is 76.8 Å². The largest absolute Gasteiger partial charge is 0.383 e. The molecule has 142 valence electrons. The van der Waals surface area contributed by atoms with Crippen molar-refractivity contribution in [1.29, 1.82) is 0 Å². The molecule has 1 aliphatic rings. The number of benzene rings is 1. The van der Waals surface area contributed by atoms with Crippen LogP contribution in [-0.2, 0) is 15.8 Å². The van der Waals surface area contributed by atoms with Crippen molar-refractivity contribution >= 4 is 22.6 Å². The number of carbonyl (C=O) groups is 1. The molecule has 0 radical (unpaired) electrons. The summed E-state index contributed by atoms with van der Waals surface area (Å²) in [5, 5.41) is 9.52. The summed E-state index contributed by atoms with van der Waals surface area (Å²) in [7, 11) is -1.25. The number of amides is 1. The first-order valence-electron chi connectivity index (χ1n) is 9.34. The first kappa shape index (κ1) is 21.8. The number of aliphatic hydroxyl groups is 1. The number of rotatable bonds is 8. The Labute approximate surface area is 154 Å². The number of hydrogen-bond acceptors (Lipinski definition) is 3. The maximum atomic E-state index is 12.4. The molecule has 1 fully saturated rings. The molecule has 2 rings (SSSR count). The Morgan fingerprint density at radius 1 is 1.28 bits per heavy atom. The van der Waals surface area contributed by atoms with Crippen LogP contribution in [-0.4, -0.2) is 33.9 Å². The highest BCUT2D eigenvalue weighted by molar-refractivity contribution is 7.83. The highest BCUT2D eigenvalue weighted by atomic mass is 32.2. The Hall–Kier alpha value is -1.24. The van der Waals surface area contributed by atoms with E-state index in [1.165, 1.54) is 0 Å². The first-order valence-corrected chi connectivity index (χ1v) is 10.5. The van der Waals surface area contributed by atoms with Gasteiger partial charge in [-0.25, -0.2) is 8.93 Å². The summed E-state index contributed by atoms with van der Waals surface area (Å²) in [5.74, 6) is -0.261. The standard InChI is InChI=1S/C17H26N2O3S.C2H6/c1-3-5-6-13(4-2)18-23(22)15-9-7-14(8-10-15)19-12-11-16(20)17(19)21;1-2/h7-10,13,16,18,20H,3-6,11-12H2,1-2H3;1-2H3. The number of aliphatic hydroxyl groups excluding tert-OH is 1. The summed E-state index contributed by atoms with van der Waals surface area (Å²) in [6, 6.07) is 7.40. The van der Waals surface area contributed by atoms with E-state index in [0.29, 0.717) is 17.9 Å². The zero-order chi connectivity index (χ0) is 18.8. The quantitative estimate of drug-likeness (QED) is 0.739. The van der Waals surface area contributed by atoms with E-state index >= 15 is 0 Å². The van der Waals surface area contributed by atoms with Gasteiger partial charge in [-0.3, -0.25) is 4.79 Å². The normalized spacial score (nSPS) is 19.3. The minimum Gasteiger partial charge on any atom is -0.383 e. The molecule has 5 nitrogen and oxygen atoms in total. The predicted molar refractivity (Wildman–Crippen MR) is 104 cm³/mol. The molecule has 0 bridgehead atoms. The number of carbonyl (C=O) groups excluding carboxylic acids is 1. The van der Waals surface area contributed by atoms with Gasteiger partial charge in [0.1, 0.15) is 17.1 Å². The van der Waals surface area contributed by atoms with Gasteiger partial charge in [0.25, 0.3) is 5.91 Å². The molecule has 1 aliphatic heterocycles. The molecule has 0 aromatic heterocycles. The highest BCUT2D eigenvalue weighted by Crippen LogP contribution is 2.22. The van der Waals surface area contributed by atoms with Crippen molar-refractivity contribution in [3.05, 3.63) is 24.3 Å². The number of anilines is 1. The second-order valence-electron chi connectivity index (χ2n) is 5.92. The molecule has 6 heteroatoms. The Morgan fingerprint density at radius 2 is 1.92 bits per heavy atom. The molecule has 3 atom stereocenters. The van der Waals surface area contributed by atoms with Crippen LogP contribution in [0.25, 0.3) is 0 Å². The molecule has 2 N–H and O–H groups in total. The van der Waals surface area contributed by atoms with E-state index in [0.717, 1.165) is 31.4 Å². The second-order valence-corrected chi connectivity index (χ2v) is 7.17. The lowest BCUT2D eigenvalue weighted by Gasteiger charge is -2.18. The predicted octanol–water partition coefficient (Wildman–Crippen LogP) is 3.39. The van der Waals surface area contributed by atoms with Crippen molar-refractivity contribution < 1.29 is 14.1 Å². The fraction of sp³-hybridized carbons (Fsp3) is 0.632. The Kier molecular flexibility index (Phi) is 9.93. The molecule has 1 saturated heterocycles. The molecular formula is C19H32N2O3S. The lowest BCUT2D eigenvalue weighted by atomic mass is 10.1. The number of nitrogens with zero attached hydrogens (tertiary/aromatic N) is 1. The molecule has 0 spiro atoms. The zero-order valence-electron chi connectivity index (χ0n) is 15.8. The van der Waals surface area contributed by atoms with Gasteiger partial charge in [-0.15, -0.1) is 0 Å². The minimum atomic E-state index is -1.25. The third-order valence-corrected chi connectivity index (χ3v) is 5.46. The van der Waals surface area contributed by atoms with E-state index in [9.17, 15) is 14.1 Å². The number of nitrogens with one attached hydrogen (secondary N) is 1. The van der Waals surface area contributed by atoms with Crippen LogP contribution >= 0.6 is 0 Å². The first-order chi connectivity index (χ1) is 12.1. The van der Waals surface area contributed by atoms with E-state index in [4.69, 9.17) is 0 Å².